The van der Waals surface area contributed by atoms with Gasteiger partial charge in [0.25, 0.3) is 0 Å². The van der Waals surface area contributed by atoms with Gasteiger partial charge in [0.05, 0.1) is 0 Å². The van der Waals surface area contributed by atoms with Gasteiger partial charge < -0.3 is 14.2 Å². The van der Waals surface area contributed by atoms with E-state index in [4.69, 9.17) is 14.2 Å². The standard InChI is InChI=1S/C70H122O6/c1-4-7-10-13-16-18-20-22-24-26-28-29-30-31-32-33-34-35-36-37-38-39-40-41-43-44-46-48-50-52-54-57-60-63-69(72)75-66-67(65-74-68(71)62-59-56-15-12-9-6-3)76-70(73)64-61-58-55-53-51-49-47-45-42-27-25-23-21-19-17-14-11-8-5-2/h7,10,16-19,22-25,28-29,31-32,67H,4-6,8-9,11-15,20-21,26-27,30,33-66H2,1-3H3/b10-7-,18-16-,19-17-,24-22-,25-23-,29-28-,32-31-. The Morgan fingerprint density at radius 3 is 0.829 bits per heavy atom. The first-order chi connectivity index (χ1) is 37.5. The SMILES string of the molecule is CC/C=C\C/C=C\C/C=C\C/C=C\C/C=C\CCCCCCCCCCCCCCCCCCCC(=O)OCC(COC(=O)CCCCCCCC)OC(=O)CCCCCCCCCCC/C=C\C/C=C\CCCCC. The van der Waals surface area contributed by atoms with Crippen molar-refractivity contribution in [3.8, 4) is 0 Å². The van der Waals surface area contributed by atoms with E-state index < -0.39 is 6.10 Å². The van der Waals surface area contributed by atoms with Crippen molar-refractivity contribution >= 4 is 17.9 Å². The van der Waals surface area contributed by atoms with Crippen LogP contribution in [-0.2, 0) is 28.6 Å². The van der Waals surface area contributed by atoms with E-state index in [9.17, 15) is 14.4 Å². The third kappa shape index (κ3) is 61.4. The van der Waals surface area contributed by atoms with Crippen molar-refractivity contribution < 1.29 is 28.6 Å². The first-order valence-corrected chi connectivity index (χ1v) is 32.6. The minimum Gasteiger partial charge on any atom is -0.462 e. The van der Waals surface area contributed by atoms with Crippen LogP contribution in [0.1, 0.15) is 323 Å². The number of unbranched alkanes of at least 4 members (excludes halogenated alkanes) is 34. The molecule has 0 heterocycles. The molecule has 0 aromatic rings. The Balaban J connectivity index is 4.00. The summed E-state index contributed by atoms with van der Waals surface area (Å²) in [6.07, 6.45) is 84.9. The van der Waals surface area contributed by atoms with Crippen LogP contribution < -0.4 is 0 Å². The Hall–Kier alpha value is -3.41. The van der Waals surface area contributed by atoms with Crippen molar-refractivity contribution in [3.05, 3.63) is 85.1 Å². The first kappa shape index (κ1) is 72.6. The highest BCUT2D eigenvalue weighted by Gasteiger charge is 2.19. The summed E-state index contributed by atoms with van der Waals surface area (Å²) < 4.78 is 16.8. The number of hydrogen-bond acceptors (Lipinski definition) is 6. The number of rotatable bonds is 59. The zero-order valence-corrected chi connectivity index (χ0v) is 50.3. The van der Waals surface area contributed by atoms with Gasteiger partial charge in [-0.1, -0.05) is 292 Å². The van der Waals surface area contributed by atoms with E-state index in [-0.39, 0.29) is 31.1 Å². The Labute approximate surface area is 471 Å². The summed E-state index contributed by atoms with van der Waals surface area (Å²) in [4.78, 5) is 38.0. The second-order valence-electron chi connectivity index (χ2n) is 21.6. The molecule has 0 aromatic heterocycles. The molecule has 0 aliphatic carbocycles. The molecule has 0 aliphatic rings. The highest BCUT2D eigenvalue weighted by atomic mass is 16.6. The second-order valence-corrected chi connectivity index (χ2v) is 21.6. The van der Waals surface area contributed by atoms with E-state index >= 15 is 0 Å². The molecule has 0 saturated carbocycles. The molecule has 0 radical (unpaired) electrons. The van der Waals surface area contributed by atoms with Gasteiger partial charge in [-0.2, -0.15) is 0 Å². The lowest BCUT2D eigenvalue weighted by atomic mass is 10.0. The lowest BCUT2D eigenvalue weighted by molar-refractivity contribution is -0.167. The van der Waals surface area contributed by atoms with Gasteiger partial charge in [0.15, 0.2) is 6.10 Å². The summed E-state index contributed by atoms with van der Waals surface area (Å²) in [6.45, 7) is 6.47. The summed E-state index contributed by atoms with van der Waals surface area (Å²) in [5.74, 6) is -0.875. The van der Waals surface area contributed by atoms with Crippen LogP contribution in [0.4, 0.5) is 0 Å². The lowest BCUT2D eigenvalue weighted by Crippen LogP contribution is -2.30. The Morgan fingerprint density at radius 2 is 0.513 bits per heavy atom. The van der Waals surface area contributed by atoms with E-state index in [1.54, 1.807) is 0 Å². The first-order valence-electron chi connectivity index (χ1n) is 32.6. The van der Waals surface area contributed by atoms with Crippen molar-refractivity contribution in [2.75, 3.05) is 13.2 Å². The molecule has 1 atom stereocenters. The third-order valence-electron chi connectivity index (χ3n) is 14.1. The fraction of sp³-hybridized carbons (Fsp3) is 0.757. The number of hydrogen-bond donors (Lipinski definition) is 0. The summed E-state index contributed by atoms with van der Waals surface area (Å²) >= 11 is 0. The van der Waals surface area contributed by atoms with Gasteiger partial charge in [-0.05, 0) is 96.3 Å². The molecule has 0 amide bonds. The minimum absolute atomic E-state index is 0.0742. The van der Waals surface area contributed by atoms with Gasteiger partial charge in [-0.25, -0.2) is 0 Å². The molecule has 0 spiro atoms. The molecule has 6 heteroatoms. The van der Waals surface area contributed by atoms with Crippen LogP contribution in [-0.4, -0.2) is 37.2 Å². The molecule has 438 valence electrons. The fourth-order valence-electron chi connectivity index (χ4n) is 9.27. The van der Waals surface area contributed by atoms with Crippen LogP contribution in [0, 0.1) is 0 Å². The van der Waals surface area contributed by atoms with Crippen LogP contribution >= 0.6 is 0 Å². The van der Waals surface area contributed by atoms with Gasteiger partial charge in [-0.15, -0.1) is 0 Å². The lowest BCUT2D eigenvalue weighted by Gasteiger charge is -2.18. The average Bonchev–Trinajstić information content (AvgIpc) is 3.42. The maximum atomic E-state index is 12.8. The fourth-order valence-corrected chi connectivity index (χ4v) is 9.27. The quantitative estimate of drug-likeness (QED) is 0.0261. The molecule has 0 aliphatic heterocycles. The average molecular weight is 1060 g/mol. The number of carbonyl (C=O) groups excluding carboxylic acids is 3. The van der Waals surface area contributed by atoms with E-state index in [1.165, 1.54) is 186 Å². The normalized spacial score (nSPS) is 12.6. The van der Waals surface area contributed by atoms with Crippen LogP contribution in [0.5, 0.6) is 0 Å². The van der Waals surface area contributed by atoms with Crippen LogP contribution in [0.2, 0.25) is 0 Å². The molecule has 76 heavy (non-hydrogen) atoms. The Bertz CT molecular complexity index is 1450. The summed E-state index contributed by atoms with van der Waals surface area (Å²) in [6, 6.07) is 0. The second kappa shape index (κ2) is 64.1. The molecule has 0 aromatic carbocycles. The number of esters is 3. The molecular weight excluding hydrogens is 937 g/mol. The van der Waals surface area contributed by atoms with Gasteiger partial charge in [0.2, 0.25) is 0 Å². The van der Waals surface area contributed by atoms with Gasteiger partial charge in [0, 0.05) is 19.3 Å². The van der Waals surface area contributed by atoms with Crippen molar-refractivity contribution in [2.45, 2.75) is 329 Å². The molecule has 6 nitrogen and oxygen atoms in total. The highest BCUT2D eigenvalue weighted by Crippen LogP contribution is 2.17. The van der Waals surface area contributed by atoms with Crippen LogP contribution in [0.15, 0.2) is 85.1 Å². The topological polar surface area (TPSA) is 78.9 Å². The van der Waals surface area contributed by atoms with Crippen molar-refractivity contribution in [1.82, 2.24) is 0 Å². The predicted octanol–water partition coefficient (Wildman–Crippen LogP) is 22.3. The van der Waals surface area contributed by atoms with Crippen LogP contribution in [0.25, 0.3) is 0 Å². The van der Waals surface area contributed by atoms with Crippen LogP contribution in [0.3, 0.4) is 0 Å². The summed E-state index contributed by atoms with van der Waals surface area (Å²) in [7, 11) is 0. The van der Waals surface area contributed by atoms with E-state index in [1.807, 2.05) is 0 Å². The van der Waals surface area contributed by atoms with Gasteiger partial charge in [-0.3, -0.25) is 14.4 Å². The van der Waals surface area contributed by atoms with E-state index in [0.717, 1.165) is 96.3 Å². The zero-order chi connectivity index (χ0) is 55.0. The molecule has 0 rings (SSSR count). The smallest absolute Gasteiger partial charge is 0.306 e. The minimum atomic E-state index is -0.774. The predicted molar refractivity (Wildman–Crippen MR) is 330 cm³/mol. The number of carbonyl (C=O) groups is 3. The molecule has 0 N–H and O–H groups in total. The van der Waals surface area contributed by atoms with Gasteiger partial charge >= 0.3 is 17.9 Å². The maximum Gasteiger partial charge on any atom is 0.306 e. The molecule has 0 fully saturated rings. The Kier molecular flexibility index (Phi) is 61.2. The van der Waals surface area contributed by atoms with Crippen molar-refractivity contribution in [2.24, 2.45) is 0 Å². The molecular formula is C70H122O6. The molecule has 0 bridgehead atoms. The third-order valence-corrected chi connectivity index (χ3v) is 14.1. The van der Waals surface area contributed by atoms with Crippen molar-refractivity contribution in [1.29, 1.82) is 0 Å². The highest BCUT2D eigenvalue weighted by molar-refractivity contribution is 5.71. The van der Waals surface area contributed by atoms with Crippen molar-refractivity contribution in [3.63, 3.8) is 0 Å². The Morgan fingerprint density at radius 1 is 0.276 bits per heavy atom. The summed E-state index contributed by atoms with van der Waals surface area (Å²) in [5.41, 5.74) is 0. The molecule has 0 saturated heterocycles. The van der Waals surface area contributed by atoms with E-state index in [2.05, 4.69) is 106 Å². The zero-order valence-electron chi connectivity index (χ0n) is 50.3. The maximum absolute atomic E-state index is 12.8. The number of allylic oxidation sites excluding steroid dienone is 14. The molecule has 1 unspecified atom stereocenters. The largest absolute Gasteiger partial charge is 0.462 e. The van der Waals surface area contributed by atoms with E-state index in [0.29, 0.717) is 19.3 Å². The number of ether oxygens (including phenoxy) is 3. The van der Waals surface area contributed by atoms with Gasteiger partial charge in [0.1, 0.15) is 13.2 Å². The monoisotopic (exact) mass is 1060 g/mol. The summed E-state index contributed by atoms with van der Waals surface area (Å²) in [5, 5.41) is 0.